The van der Waals surface area contributed by atoms with Crippen molar-refractivity contribution in [3.05, 3.63) is 56.8 Å². The first-order valence-corrected chi connectivity index (χ1v) is 11.9. The standard InChI is InChI=1S/C23H24FN5O3S/c1-31-16-3-2-15(18(24)8-16)10-28-22-20(21-25-13-26-29(21)23(28)30)17-4-6-27(11-19(17)33-22)9-14-5-7-32-12-14/h2-3,8,13-14H,4-7,9-12H2,1H3. The molecule has 33 heavy (non-hydrogen) atoms. The van der Waals surface area contributed by atoms with Crippen LogP contribution < -0.4 is 10.4 Å². The average Bonchev–Trinajstić information content (AvgIpc) is 3.56. The van der Waals surface area contributed by atoms with Crippen LogP contribution in [0.5, 0.6) is 5.75 Å². The number of halogens is 1. The lowest BCUT2D eigenvalue weighted by molar-refractivity contribution is 0.163. The van der Waals surface area contributed by atoms with Crippen molar-refractivity contribution in [3.8, 4) is 5.75 Å². The molecule has 0 amide bonds. The Labute approximate surface area is 193 Å². The lowest BCUT2D eigenvalue weighted by Crippen LogP contribution is -2.34. The second kappa shape index (κ2) is 8.19. The lowest BCUT2D eigenvalue weighted by atomic mass is 10.0. The maximum atomic E-state index is 14.7. The molecule has 10 heteroatoms. The van der Waals surface area contributed by atoms with Crippen LogP contribution in [0.3, 0.4) is 0 Å². The van der Waals surface area contributed by atoms with Crippen LogP contribution in [0.2, 0.25) is 0 Å². The molecule has 6 rings (SSSR count). The van der Waals surface area contributed by atoms with Crippen molar-refractivity contribution in [2.24, 2.45) is 5.92 Å². The van der Waals surface area contributed by atoms with Crippen molar-refractivity contribution in [2.75, 3.05) is 33.4 Å². The highest BCUT2D eigenvalue weighted by molar-refractivity contribution is 7.19. The van der Waals surface area contributed by atoms with Crippen molar-refractivity contribution >= 4 is 27.2 Å². The Morgan fingerprint density at radius 3 is 3.06 bits per heavy atom. The Morgan fingerprint density at radius 1 is 1.36 bits per heavy atom. The summed E-state index contributed by atoms with van der Waals surface area (Å²) < 4.78 is 28.4. The van der Waals surface area contributed by atoms with Gasteiger partial charge in [-0.1, -0.05) is 6.07 Å². The molecular formula is C23H24FN5O3S. The van der Waals surface area contributed by atoms with Crippen LogP contribution in [0.15, 0.2) is 29.3 Å². The predicted octanol–water partition coefficient (Wildman–Crippen LogP) is 2.70. The van der Waals surface area contributed by atoms with Gasteiger partial charge in [-0.25, -0.2) is 14.2 Å². The first-order valence-electron chi connectivity index (χ1n) is 11.1. The minimum Gasteiger partial charge on any atom is -0.497 e. The summed E-state index contributed by atoms with van der Waals surface area (Å²) in [5, 5.41) is 5.13. The predicted molar refractivity (Wildman–Crippen MR) is 123 cm³/mol. The molecule has 2 aliphatic rings. The molecule has 1 unspecified atom stereocenters. The second-order valence-corrected chi connectivity index (χ2v) is 9.80. The first-order chi connectivity index (χ1) is 16.1. The summed E-state index contributed by atoms with van der Waals surface area (Å²) in [7, 11) is 1.50. The van der Waals surface area contributed by atoms with Crippen molar-refractivity contribution in [3.63, 3.8) is 0 Å². The number of benzene rings is 1. The van der Waals surface area contributed by atoms with Gasteiger partial charge in [-0.2, -0.15) is 9.61 Å². The van der Waals surface area contributed by atoms with Gasteiger partial charge in [-0.3, -0.25) is 9.47 Å². The van der Waals surface area contributed by atoms with Gasteiger partial charge in [-0.15, -0.1) is 11.3 Å². The molecule has 0 radical (unpaired) electrons. The molecule has 172 valence electrons. The molecule has 1 atom stereocenters. The van der Waals surface area contributed by atoms with Gasteiger partial charge >= 0.3 is 5.69 Å². The Kier molecular flexibility index (Phi) is 5.16. The highest BCUT2D eigenvalue weighted by Crippen LogP contribution is 2.37. The van der Waals surface area contributed by atoms with Crippen LogP contribution in [0.1, 0.15) is 22.4 Å². The fourth-order valence-corrected chi connectivity index (χ4v) is 6.33. The molecule has 1 aromatic carbocycles. The molecule has 2 aliphatic heterocycles. The summed E-state index contributed by atoms with van der Waals surface area (Å²) in [4.78, 5) is 22.3. The van der Waals surface area contributed by atoms with Crippen LogP contribution in [0.4, 0.5) is 4.39 Å². The van der Waals surface area contributed by atoms with Crippen molar-refractivity contribution in [1.82, 2.24) is 24.1 Å². The molecule has 4 aromatic rings. The molecule has 0 aliphatic carbocycles. The van der Waals surface area contributed by atoms with Crippen molar-refractivity contribution in [2.45, 2.75) is 25.9 Å². The van der Waals surface area contributed by atoms with Crippen LogP contribution in [0, 0.1) is 11.7 Å². The average molecular weight is 470 g/mol. The Bertz CT molecular complexity index is 1400. The van der Waals surface area contributed by atoms with Crippen LogP contribution >= 0.6 is 11.3 Å². The summed E-state index contributed by atoms with van der Waals surface area (Å²) in [5.74, 6) is 0.625. The number of methoxy groups -OCH3 is 1. The zero-order valence-electron chi connectivity index (χ0n) is 18.3. The minimum absolute atomic E-state index is 0.115. The Morgan fingerprint density at radius 2 is 2.27 bits per heavy atom. The number of hydrogen-bond acceptors (Lipinski definition) is 7. The molecule has 3 aromatic heterocycles. The van der Waals surface area contributed by atoms with E-state index in [0.29, 0.717) is 22.9 Å². The second-order valence-electron chi connectivity index (χ2n) is 8.72. The van der Waals surface area contributed by atoms with E-state index in [9.17, 15) is 9.18 Å². The van der Waals surface area contributed by atoms with Crippen LogP contribution in [0.25, 0.3) is 15.9 Å². The van der Waals surface area contributed by atoms with Gasteiger partial charge in [-0.05, 0) is 30.4 Å². The number of hydrogen-bond donors (Lipinski definition) is 0. The summed E-state index contributed by atoms with van der Waals surface area (Å²) in [6.45, 7) is 4.63. The third kappa shape index (κ3) is 3.53. The Hall–Kier alpha value is -2.82. The van der Waals surface area contributed by atoms with Gasteiger partial charge in [0.15, 0.2) is 5.65 Å². The van der Waals surface area contributed by atoms with Crippen molar-refractivity contribution in [1.29, 1.82) is 0 Å². The summed E-state index contributed by atoms with van der Waals surface area (Å²) >= 11 is 1.61. The molecule has 8 nitrogen and oxygen atoms in total. The van der Waals surface area contributed by atoms with E-state index in [1.807, 2.05) is 0 Å². The smallest absolute Gasteiger partial charge is 0.352 e. The van der Waals surface area contributed by atoms with E-state index in [0.717, 1.165) is 55.9 Å². The quantitative estimate of drug-likeness (QED) is 0.448. The molecule has 1 saturated heterocycles. The zero-order valence-corrected chi connectivity index (χ0v) is 19.1. The molecule has 0 N–H and O–H groups in total. The first kappa shape index (κ1) is 20.8. The number of aromatic nitrogens is 4. The minimum atomic E-state index is -0.403. The SMILES string of the molecule is COc1ccc(Cn2c(=O)n3ncnc3c3c4c(sc32)CN(CC2CCOC2)CC4)c(F)c1. The maximum absolute atomic E-state index is 14.7. The van der Waals surface area contributed by atoms with Gasteiger partial charge in [0.1, 0.15) is 22.7 Å². The molecular weight excluding hydrogens is 445 g/mol. The number of fused-ring (bicyclic) bond motifs is 5. The van der Waals surface area contributed by atoms with Crippen LogP contribution in [-0.4, -0.2) is 57.5 Å². The van der Waals surface area contributed by atoms with Gasteiger partial charge in [0.25, 0.3) is 0 Å². The number of rotatable bonds is 5. The van der Waals surface area contributed by atoms with E-state index in [1.54, 1.807) is 28.0 Å². The topological polar surface area (TPSA) is 73.9 Å². The molecule has 0 saturated carbocycles. The van der Waals surface area contributed by atoms with E-state index >= 15 is 0 Å². The highest BCUT2D eigenvalue weighted by Gasteiger charge is 2.28. The maximum Gasteiger partial charge on any atom is 0.352 e. The molecule has 0 bridgehead atoms. The van der Waals surface area contributed by atoms with E-state index < -0.39 is 5.82 Å². The number of ether oxygens (including phenoxy) is 2. The van der Waals surface area contributed by atoms with Crippen molar-refractivity contribution < 1.29 is 13.9 Å². The lowest BCUT2D eigenvalue weighted by Gasteiger charge is -2.28. The van der Waals surface area contributed by atoms with Gasteiger partial charge in [0, 0.05) is 42.7 Å². The summed E-state index contributed by atoms with van der Waals surface area (Å²) in [6, 6.07) is 4.71. The monoisotopic (exact) mass is 469 g/mol. The van der Waals surface area contributed by atoms with Crippen LogP contribution in [-0.2, 0) is 24.2 Å². The summed E-state index contributed by atoms with van der Waals surface area (Å²) in [6.07, 6.45) is 3.41. The fourth-order valence-electron chi connectivity index (χ4n) is 4.96. The molecule has 1 fully saturated rings. The van der Waals surface area contributed by atoms with E-state index in [-0.39, 0.29) is 12.2 Å². The molecule has 5 heterocycles. The molecule has 0 spiro atoms. The number of thiophene rings is 1. The largest absolute Gasteiger partial charge is 0.497 e. The zero-order chi connectivity index (χ0) is 22.5. The van der Waals surface area contributed by atoms with Gasteiger partial charge in [0.05, 0.1) is 25.6 Å². The fraction of sp³-hybridized carbons (Fsp3) is 0.435. The third-order valence-electron chi connectivity index (χ3n) is 6.68. The normalized spacial score (nSPS) is 18.9. The van der Waals surface area contributed by atoms with E-state index in [4.69, 9.17) is 9.47 Å². The van der Waals surface area contributed by atoms with Gasteiger partial charge < -0.3 is 9.47 Å². The van der Waals surface area contributed by atoms with Gasteiger partial charge in [0.2, 0.25) is 0 Å². The Balaban J connectivity index is 1.44. The van der Waals surface area contributed by atoms with E-state index in [2.05, 4.69) is 15.0 Å². The van der Waals surface area contributed by atoms with E-state index in [1.165, 1.54) is 34.5 Å². The third-order valence-corrected chi connectivity index (χ3v) is 7.91. The highest BCUT2D eigenvalue weighted by atomic mass is 32.1. The summed E-state index contributed by atoms with van der Waals surface area (Å²) in [5.41, 5.74) is 1.92. The number of nitrogens with zero attached hydrogens (tertiary/aromatic N) is 5.